The Bertz CT molecular complexity index is 1310. The molecule has 0 saturated carbocycles. The van der Waals surface area contributed by atoms with Gasteiger partial charge in [0.2, 0.25) is 5.91 Å². The van der Waals surface area contributed by atoms with Crippen LogP contribution in [0.1, 0.15) is 64.4 Å². The minimum Gasteiger partial charge on any atom is -0.367 e. The number of fused-ring (bicyclic) bond motifs is 1. The molecule has 0 bridgehead atoms. The number of aromatic nitrogens is 4. The molecule has 2 aromatic heterocycles. The lowest BCUT2D eigenvalue weighted by Crippen LogP contribution is -2.46. The summed E-state index contributed by atoms with van der Waals surface area (Å²) in [6, 6.07) is 9.97. The zero-order valence-electron chi connectivity index (χ0n) is 21.7. The van der Waals surface area contributed by atoms with Crippen LogP contribution in [0.25, 0.3) is 11.2 Å². The molecule has 1 fully saturated rings. The summed E-state index contributed by atoms with van der Waals surface area (Å²) in [6.07, 6.45) is 2.17. The maximum Gasteiger partial charge on any atom is 0.330 e. The van der Waals surface area contributed by atoms with E-state index in [1.807, 2.05) is 46.7 Å². The average Bonchev–Trinajstić information content (AvgIpc) is 3.20. The van der Waals surface area contributed by atoms with E-state index in [0.717, 1.165) is 18.4 Å². The molecular weight excluding hydrogens is 458 g/mol. The number of carbonyl (C=O) groups excluding carboxylic acids is 1. The fourth-order valence-electron chi connectivity index (χ4n) is 4.88. The molecule has 0 aliphatic carbocycles. The van der Waals surface area contributed by atoms with E-state index in [1.165, 1.54) is 0 Å². The van der Waals surface area contributed by atoms with E-state index in [1.54, 1.807) is 4.57 Å². The standard InChI is InChI=1S/C27H37N5O4/c1-5-6-14-31-25-24(26(34)29-27(31)35)32(15-18(2)3)22(28-25)12-13-23(33)30-16-19(4)36-21(17-30)20-10-8-7-9-11-20/h7-11,18-19,21H,5-6,12-17H2,1-4H3,(H,29,34,35). The van der Waals surface area contributed by atoms with Crippen molar-refractivity contribution < 1.29 is 9.53 Å². The summed E-state index contributed by atoms with van der Waals surface area (Å²) in [5, 5.41) is 0. The Morgan fingerprint density at radius 3 is 2.61 bits per heavy atom. The van der Waals surface area contributed by atoms with Crippen LogP contribution in [0.15, 0.2) is 39.9 Å². The highest BCUT2D eigenvalue weighted by Gasteiger charge is 2.29. The Balaban J connectivity index is 1.59. The molecule has 2 atom stereocenters. The monoisotopic (exact) mass is 495 g/mol. The second-order valence-electron chi connectivity index (χ2n) is 10.1. The maximum absolute atomic E-state index is 13.3. The van der Waals surface area contributed by atoms with Crippen molar-refractivity contribution in [1.82, 2.24) is 24.0 Å². The van der Waals surface area contributed by atoms with Crippen LogP contribution in [0.5, 0.6) is 0 Å². The van der Waals surface area contributed by atoms with Gasteiger partial charge in [0.05, 0.1) is 12.6 Å². The van der Waals surface area contributed by atoms with E-state index in [4.69, 9.17) is 9.72 Å². The second-order valence-corrected chi connectivity index (χ2v) is 10.1. The number of aryl methyl sites for hydroxylation is 2. The highest BCUT2D eigenvalue weighted by Crippen LogP contribution is 2.26. The van der Waals surface area contributed by atoms with E-state index in [9.17, 15) is 14.4 Å². The van der Waals surface area contributed by atoms with Gasteiger partial charge in [0, 0.05) is 32.5 Å². The Labute approximate surface area is 211 Å². The molecule has 1 aliphatic heterocycles. The van der Waals surface area contributed by atoms with Crippen LogP contribution in [-0.4, -0.2) is 49.1 Å². The summed E-state index contributed by atoms with van der Waals surface area (Å²) in [5.74, 6) is 0.958. The molecule has 9 nitrogen and oxygen atoms in total. The number of imidazole rings is 1. The first-order chi connectivity index (χ1) is 17.3. The Hall–Kier alpha value is -3.20. The third kappa shape index (κ3) is 5.61. The fourth-order valence-corrected chi connectivity index (χ4v) is 4.88. The maximum atomic E-state index is 13.3. The van der Waals surface area contributed by atoms with Crippen LogP contribution in [0, 0.1) is 5.92 Å². The zero-order valence-corrected chi connectivity index (χ0v) is 21.7. The van der Waals surface area contributed by atoms with Gasteiger partial charge in [0.15, 0.2) is 11.2 Å². The van der Waals surface area contributed by atoms with Crippen molar-refractivity contribution in [1.29, 1.82) is 0 Å². The Morgan fingerprint density at radius 2 is 1.92 bits per heavy atom. The van der Waals surface area contributed by atoms with E-state index in [-0.39, 0.29) is 30.5 Å². The summed E-state index contributed by atoms with van der Waals surface area (Å²) >= 11 is 0. The average molecular weight is 496 g/mol. The van der Waals surface area contributed by atoms with E-state index < -0.39 is 11.2 Å². The van der Waals surface area contributed by atoms with Gasteiger partial charge in [-0.25, -0.2) is 9.78 Å². The molecule has 9 heteroatoms. The molecule has 1 amide bonds. The van der Waals surface area contributed by atoms with Crippen LogP contribution < -0.4 is 11.2 Å². The fraction of sp³-hybridized carbons (Fsp3) is 0.556. The summed E-state index contributed by atoms with van der Waals surface area (Å²) < 4.78 is 9.55. The number of rotatable bonds is 9. The molecule has 1 aromatic carbocycles. The molecule has 0 spiro atoms. The van der Waals surface area contributed by atoms with Gasteiger partial charge >= 0.3 is 5.69 Å². The SMILES string of the molecule is CCCCn1c(=O)[nH]c(=O)c2c1nc(CCC(=O)N1CC(C)OC(c3ccccc3)C1)n2CC(C)C. The lowest BCUT2D eigenvalue weighted by molar-refractivity contribution is -0.144. The van der Waals surface area contributed by atoms with Gasteiger partial charge in [-0.2, -0.15) is 0 Å². The van der Waals surface area contributed by atoms with Gasteiger partial charge < -0.3 is 14.2 Å². The quantitative estimate of drug-likeness (QED) is 0.491. The number of ether oxygens (including phenoxy) is 1. The number of nitrogens with zero attached hydrogens (tertiary/aromatic N) is 4. The number of amides is 1. The predicted molar refractivity (Wildman–Crippen MR) is 139 cm³/mol. The number of nitrogens with one attached hydrogen (secondary N) is 1. The first-order valence-corrected chi connectivity index (χ1v) is 13.0. The van der Waals surface area contributed by atoms with Gasteiger partial charge in [-0.15, -0.1) is 0 Å². The normalized spacial score (nSPS) is 18.3. The third-order valence-electron chi connectivity index (χ3n) is 6.59. The molecule has 194 valence electrons. The van der Waals surface area contributed by atoms with E-state index >= 15 is 0 Å². The van der Waals surface area contributed by atoms with Gasteiger partial charge in [0.25, 0.3) is 5.56 Å². The van der Waals surface area contributed by atoms with Crippen molar-refractivity contribution in [2.24, 2.45) is 5.92 Å². The van der Waals surface area contributed by atoms with Crippen molar-refractivity contribution in [2.75, 3.05) is 13.1 Å². The molecular formula is C27H37N5O4. The number of hydrogen-bond acceptors (Lipinski definition) is 5. The van der Waals surface area contributed by atoms with Crippen molar-refractivity contribution >= 4 is 17.1 Å². The second kappa shape index (κ2) is 11.2. The number of hydrogen-bond donors (Lipinski definition) is 1. The molecule has 1 N–H and O–H groups in total. The number of carbonyl (C=O) groups is 1. The van der Waals surface area contributed by atoms with Crippen LogP contribution >= 0.6 is 0 Å². The number of aromatic amines is 1. The minimum absolute atomic E-state index is 0.0338. The highest BCUT2D eigenvalue weighted by molar-refractivity contribution is 5.77. The van der Waals surface area contributed by atoms with Crippen molar-refractivity contribution in [2.45, 2.75) is 78.7 Å². The molecule has 4 rings (SSSR count). The van der Waals surface area contributed by atoms with Crippen LogP contribution in [0.2, 0.25) is 0 Å². The summed E-state index contributed by atoms with van der Waals surface area (Å²) in [7, 11) is 0. The molecule has 3 aromatic rings. The van der Waals surface area contributed by atoms with Crippen LogP contribution in [0.4, 0.5) is 0 Å². The van der Waals surface area contributed by atoms with Crippen LogP contribution in [0.3, 0.4) is 0 Å². The van der Waals surface area contributed by atoms with E-state index in [0.29, 0.717) is 49.6 Å². The smallest absolute Gasteiger partial charge is 0.330 e. The number of H-pyrrole nitrogens is 1. The van der Waals surface area contributed by atoms with Crippen molar-refractivity contribution in [3.8, 4) is 0 Å². The molecule has 1 saturated heterocycles. The largest absolute Gasteiger partial charge is 0.367 e. The molecule has 2 unspecified atom stereocenters. The first-order valence-electron chi connectivity index (χ1n) is 13.0. The zero-order chi connectivity index (χ0) is 25.8. The summed E-state index contributed by atoms with van der Waals surface area (Å²) in [6.45, 7) is 10.3. The minimum atomic E-state index is -0.438. The lowest BCUT2D eigenvalue weighted by Gasteiger charge is -2.37. The third-order valence-corrected chi connectivity index (χ3v) is 6.59. The molecule has 3 heterocycles. The lowest BCUT2D eigenvalue weighted by atomic mass is 10.1. The summed E-state index contributed by atoms with van der Waals surface area (Å²) in [4.78, 5) is 47.7. The van der Waals surface area contributed by atoms with Crippen molar-refractivity contribution in [3.05, 3.63) is 62.6 Å². The molecule has 0 radical (unpaired) electrons. The number of benzene rings is 1. The number of morpholine rings is 1. The Morgan fingerprint density at radius 1 is 1.17 bits per heavy atom. The molecule has 36 heavy (non-hydrogen) atoms. The highest BCUT2D eigenvalue weighted by atomic mass is 16.5. The van der Waals surface area contributed by atoms with Gasteiger partial charge in [-0.3, -0.25) is 19.1 Å². The van der Waals surface area contributed by atoms with Crippen molar-refractivity contribution in [3.63, 3.8) is 0 Å². The Kier molecular flexibility index (Phi) is 8.08. The summed E-state index contributed by atoms with van der Waals surface area (Å²) in [5.41, 5.74) is 1.01. The topological polar surface area (TPSA) is 102 Å². The van der Waals surface area contributed by atoms with Gasteiger partial charge in [-0.05, 0) is 24.8 Å². The van der Waals surface area contributed by atoms with Gasteiger partial charge in [0.1, 0.15) is 11.9 Å². The number of unbranched alkanes of at least 4 members (excludes halogenated alkanes) is 1. The molecule has 1 aliphatic rings. The van der Waals surface area contributed by atoms with Gasteiger partial charge in [-0.1, -0.05) is 57.5 Å². The first kappa shape index (κ1) is 25.9. The predicted octanol–water partition coefficient (Wildman–Crippen LogP) is 3.26. The van der Waals surface area contributed by atoms with Crippen LogP contribution in [-0.2, 0) is 29.0 Å². The van der Waals surface area contributed by atoms with E-state index in [2.05, 4.69) is 25.8 Å².